The molecule has 0 amide bonds. The van der Waals surface area contributed by atoms with Gasteiger partial charge < -0.3 is 0 Å². The fourth-order valence-electron chi connectivity index (χ4n) is 2.73. The Hall–Kier alpha value is -0.890. The minimum atomic E-state index is -3.57. The summed E-state index contributed by atoms with van der Waals surface area (Å²) in [5.41, 5.74) is 0.455. The van der Waals surface area contributed by atoms with Gasteiger partial charge in [-0.1, -0.05) is 6.07 Å². The number of thioether (sulfide) groups is 1. The van der Waals surface area contributed by atoms with Crippen molar-refractivity contribution >= 4 is 33.1 Å². The highest BCUT2D eigenvalue weighted by Gasteiger charge is 2.29. The Balaban J connectivity index is 1.81. The average Bonchev–Trinajstić information content (AvgIpc) is 2.91. The second kappa shape index (κ2) is 6.93. The average molecular weight is 372 g/mol. The van der Waals surface area contributed by atoms with Gasteiger partial charge in [-0.2, -0.15) is 16.1 Å². The molecular formula is C16H18FNO2S3. The summed E-state index contributed by atoms with van der Waals surface area (Å²) in [6, 6.07) is 7.99. The molecule has 1 aromatic heterocycles. The molecule has 0 bridgehead atoms. The molecule has 23 heavy (non-hydrogen) atoms. The molecule has 124 valence electrons. The SMILES string of the molecule is Cc1cc(F)ccc1S(=O)(=O)N1CCS[C@@H](c2cccs2)CC1. The standard InChI is InChI=1S/C16H18FNO2S3/c1-12-11-13(17)4-5-16(12)23(19,20)18-7-6-15(22-10-8-18)14-3-2-9-21-14/h2-5,9,11,15H,6-8,10H2,1H3/t15-/m1/s1. The number of thiophene rings is 1. The molecule has 0 aliphatic carbocycles. The number of rotatable bonds is 3. The Morgan fingerprint density at radius 1 is 1.26 bits per heavy atom. The van der Waals surface area contributed by atoms with E-state index in [9.17, 15) is 12.8 Å². The van der Waals surface area contributed by atoms with Gasteiger partial charge in [-0.15, -0.1) is 11.3 Å². The van der Waals surface area contributed by atoms with Crippen molar-refractivity contribution in [2.45, 2.75) is 23.5 Å². The molecule has 7 heteroatoms. The van der Waals surface area contributed by atoms with Crippen LogP contribution in [0.4, 0.5) is 4.39 Å². The number of nitrogens with zero attached hydrogens (tertiary/aromatic N) is 1. The predicted molar refractivity (Wildman–Crippen MR) is 94.0 cm³/mol. The molecule has 0 N–H and O–H groups in total. The maximum absolute atomic E-state index is 13.2. The highest BCUT2D eigenvalue weighted by molar-refractivity contribution is 7.99. The zero-order chi connectivity index (χ0) is 16.4. The summed E-state index contributed by atoms with van der Waals surface area (Å²) in [5.74, 6) is 0.354. The summed E-state index contributed by atoms with van der Waals surface area (Å²) in [6.45, 7) is 2.62. The second-order valence-corrected chi connectivity index (χ2v) is 9.67. The first-order valence-corrected chi connectivity index (χ1v) is 10.8. The quantitative estimate of drug-likeness (QED) is 0.816. The van der Waals surface area contributed by atoms with Gasteiger partial charge in [0.1, 0.15) is 5.82 Å². The molecule has 0 radical (unpaired) electrons. The fourth-order valence-corrected chi connectivity index (χ4v) is 6.75. The number of halogens is 1. The van der Waals surface area contributed by atoms with Crippen molar-refractivity contribution in [2.24, 2.45) is 0 Å². The molecule has 1 aromatic carbocycles. The van der Waals surface area contributed by atoms with Crippen LogP contribution in [0.25, 0.3) is 0 Å². The third-order valence-corrected chi connectivity index (χ3v) is 8.42. The number of hydrogen-bond donors (Lipinski definition) is 0. The van der Waals surface area contributed by atoms with E-state index in [0.29, 0.717) is 23.9 Å². The van der Waals surface area contributed by atoms with Crippen molar-refractivity contribution in [1.29, 1.82) is 0 Å². The van der Waals surface area contributed by atoms with Gasteiger partial charge in [0.2, 0.25) is 10.0 Å². The third kappa shape index (κ3) is 3.63. The minimum absolute atomic E-state index is 0.207. The molecule has 1 fully saturated rings. The van der Waals surface area contributed by atoms with Crippen LogP contribution in [-0.2, 0) is 10.0 Å². The molecule has 1 atom stereocenters. The van der Waals surface area contributed by atoms with E-state index in [0.717, 1.165) is 12.2 Å². The van der Waals surface area contributed by atoms with Crippen LogP contribution < -0.4 is 0 Å². The van der Waals surface area contributed by atoms with E-state index >= 15 is 0 Å². The monoisotopic (exact) mass is 371 g/mol. The van der Waals surface area contributed by atoms with Crippen LogP contribution in [0.2, 0.25) is 0 Å². The predicted octanol–water partition coefficient (Wildman–Crippen LogP) is 4.06. The third-order valence-electron chi connectivity index (χ3n) is 3.92. The van der Waals surface area contributed by atoms with E-state index in [1.807, 2.05) is 17.8 Å². The Labute approximate surface area is 144 Å². The van der Waals surface area contributed by atoms with Crippen molar-refractivity contribution in [3.05, 3.63) is 52.0 Å². The summed E-state index contributed by atoms with van der Waals surface area (Å²) in [4.78, 5) is 1.51. The van der Waals surface area contributed by atoms with Crippen LogP contribution in [0.5, 0.6) is 0 Å². The topological polar surface area (TPSA) is 37.4 Å². The van der Waals surface area contributed by atoms with Crippen LogP contribution in [0.15, 0.2) is 40.6 Å². The molecule has 3 nitrogen and oxygen atoms in total. The summed E-state index contributed by atoms with van der Waals surface area (Å²) >= 11 is 3.53. The zero-order valence-electron chi connectivity index (χ0n) is 12.7. The van der Waals surface area contributed by atoms with Crippen molar-refractivity contribution in [3.8, 4) is 0 Å². The molecule has 3 rings (SSSR count). The normalized spacial score (nSPS) is 20.3. The van der Waals surface area contributed by atoms with Crippen molar-refractivity contribution < 1.29 is 12.8 Å². The molecule has 0 unspecified atom stereocenters. The lowest BCUT2D eigenvalue weighted by Gasteiger charge is -2.21. The molecular weight excluding hydrogens is 353 g/mol. The number of benzene rings is 1. The zero-order valence-corrected chi connectivity index (χ0v) is 15.2. The number of sulfonamides is 1. The first kappa shape index (κ1) is 17.0. The molecule has 1 aliphatic heterocycles. The Kier molecular flexibility index (Phi) is 5.10. The number of aryl methyl sites for hydroxylation is 1. The molecule has 2 aromatic rings. The number of hydrogen-bond acceptors (Lipinski definition) is 4. The Morgan fingerprint density at radius 3 is 2.78 bits per heavy atom. The van der Waals surface area contributed by atoms with Crippen molar-refractivity contribution in [1.82, 2.24) is 4.31 Å². The van der Waals surface area contributed by atoms with Crippen LogP contribution >= 0.6 is 23.1 Å². The van der Waals surface area contributed by atoms with E-state index in [2.05, 4.69) is 11.4 Å². The van der Waals surface area contributed by atoms with E-state index in [1.165, 1.54) is 27.4 Å². The first-order chi connectivity index (χ1) is 11.0. The van der Waals surface area contributed by atoms with Gasteiger partial charge in [-0.05, 0) is 48.6 Å². The van der Waals surface area contributed by atoms with Gasteiger partial charge >= 0.3 is 0 Å². The van der Waals surface area contributed by atoms with Crippen LogP contribution in [0, 0.1) is 12.7 Å². The minimum Gasteiger partial charge on any atom is -0.207 e. The summed E-state index contributed by atoms with van der Waals surface area (Å²) in [7, 11) is -3.57. The van der Waals surface area contributed by atoms with Gasteiger partial charge in [-0.25, -0.2) is 12.8 Å². The summed E-state index contributed by atoms with van der Waals surface area (Å²) in [6.07, 6.45) is 0.796. The lowest BCUT2D eigenvalue weighted by Crippen LogP contribution is -2.33. The lowest BCUT2D eigenvalue weighted by molar-refractivity contribution is 0.428. The molecule has 1 saturated heterocycles. The summed E-state index contributed by atoms with van der Waals surface area (Å²) in [5, 5.41) is 2.40. The Morgan fingerprint density at radius 2 is 2.09 bits per heavy atom. The van der Waals surface area contributed by atoms with Crippen LogP contribution in [0.1, 0.15) is 22.1 Å². The summed E-state index contributed by atoms with van der Waals surface area (Å²) < 4.78 is 40.5. The van der Waals surface area contributed by atoms with Gasteiger partial charge in [0.15, 0.2) is 0 Å². The maximum atomic E-state index is 13.2. The van der Waals surface area contributed by atoms with Crippen LogP contribution in [0.3, 0.4) is 0 Å². The van der Waals surface area contributed by atoms with E-state index in [1.54, 1.807) is 18.3 Å². The van der Waals surface area contributed by atoms with E-state index < -0.39 is 15.8 Å². The van der Waals surface area contributed by atoms with Gasteiger partial charge in [0, 0.05) is 29.0 Å². The van der Waals surface area contributed by atoms with E-state index in [-0.39, 0.29) is 4.90 Å². The van der Waals surface area contributed by atoms with Crippen molar-refractivity contribution in [2.75, 3.05) is 18.8 Å². The van der Waals surface area contributed by atoms with Crippen molar-refractivity contribution in [3.63, 3.8) is 0 Å². The maximum Gasteiger partial charge on any atom is 0.243 e. The van der Waals surface area contributed by atoms with Crippen LogP contribution in [-0.4, -0.2) is 31.6 Å². The second-order valence-electron chi connectivity index (χ2n) is 5.48. The highest BCUT2D eigenvalue weighted by atomic mass is 32.2. The largest absolute Gasteiger partial charge is 0.243 e. The molecule has 0 saturated carbocycles. The first-order valence-electron chi connectivity index (χ1n) is 7.40. The smallest absolute Gasteiger partial charge is 0.207 e. The van der Waals surface area contributed by atoms with E-state index in [4.69, 9.17) is 0 Å². The highest BCUT2D eigenvalue weighted by Crippen LogP contribution is 2.37. The fraction of sp³-hybridized carbons (Fsp3) is 0.375. The molecule has 1 aliphatic rings. The van der Waals surface area contributed by atoms with Gasteiger partial charge in [-0.3, -0.25) is 0 Å². The lowest BCUT2D eigenvalue weighted by atomic mass is 10.2. The Bertz CT molecular complexity index is 775. The van der Waals surface area contributed by atoms with Gasteiger partial charge in [0.25, 0.3) is 0 Å². The molecule has 0 spiro atoms. The molecule has 2 heterocycles. The van der Waals surface area contributed by atoms with Gasteiger partial charge in [0.05, 0.1) is 4.90 Å².